The average Bonchev–Trinajstić information content (AvgIpc) is 3.48. The molecule has 3 fully saturated rings. The highest BCUT2D eigenvalue weighted by molar-refractivity contribution is 6.02. The van der Waals surface area contributed by atoms with Crippen LogP contribution in [0.25, 0.3) is 0 Å². The number of piperidine rings is 2. The van der Waals surface area contributed by atoms with Crippen molar-refractivity contribution >= 4 is 35.0 Å². The number of anilines is 4. The van der Waals surface area contributed by atoms with Crippen LogP contribution in [0.2, 0.25) is 0 Å². The van der Waals surface area contributed by atoms with Gasteiger partial charge < -0.3 is 35.8 Å². The number of amidine groups is 1. The van der Waals surface area contributed by atoms with Crippen molar-refractivity contribution in [3.63, 3.8) is 0 Å². The van der Waals surface area contributed by atoms with E-state index in [1.54, 1.807) is 19.5 Å². The van der Waals surface area contributed by atoms with E-state index in [1.807, 2.05) is 17.0 Å². The van der Waals surface area contributed by atoms with Gasteiger partial charge in [0, 0.05) is 63.8 Å². The summed E-state index contributed by atoms with van der Waals surface area (Å²) in [4.78, 5) is 30.9. The minimum absolute atomic E-state index is 0.104. The molecule has 12 heteroatoms. The van der Waals surface area contributed by atoms with Gasteiger partial charge in [-0.2, -0.15) is 4.98 Å². The summed E-state index contributed by atoms with van der Waals surface area (Å²) in [5.41, 5.74) is 1.54. The summed E-state index contributed by atoms with van der Waals surface area (Å²) >= 11 is 0. The Morgan fingerprint density at radius 2 is 1.88 bits per heavy atom. The number of carbonyl (C=O) groups is 1. The molecular formula is C29H44N10O2. The smallest absolute Gasteiger partial charge is 0.227 e. The predicted molar refractivity (Wildman–Crippen MR) is 161 cm³/mol. The molecule has 2 aromatic rings. The second-order valence-corrected chi connectivity index (χ2v) is 11.5. The van der Waals surface area contributed by atoms with Gasteiger partial charge in [-0.15, -0.1) is 0 Å². The second-order valence-electron chi connectivity index (χ2n) is 11.5. The fraction of sp³-hybridized carbons (Fsp3) is 0.621. The number of aromatic nitrogens is 3. The highest BCUT2D eigenvalue weighted by Crippen LogP contribution is 2.27. The summed E-state index contributed by atoms with van der Waals surface area (Å²) in [6, 6.07) is 4.17. The molecular weight excluding hydrogens is 520 g/mol. The van der Waals surface area contributed by atoms with Gasteiger partial charge in [0.05, 0.1) is 23.3 Å². The Morgan fingerprint density at radius 1 is 1.10 bits per heavy atom. The highest BCUT2D eigenvalue weighted by Gasteiger charge is 2.32. The van der Waals surface area contributed by atoms with Gasteiger partial charge in [0.25, 0.3) is 0 Å². The van der Waals surface area contributed by atoms with Gasteiger partial charge in [-0.1, -0.05) is 0 Å². The molecule has 5 rings (SSSR count). The summed E-state index contributed by atoms with van der Waals surface area (Å²) in [7, 11) is 1.76. The maximum Gasteiger partial charge on any atom is 0.227 e. The summed E-state index contributed by atoms with van der Waals surface area (Å²) in [6.45, 7) is 8.97. The van der Waals surface area contributed by atoms with E-state index in [9.17, 15) is 4.79 Å². The molecule has 0 aliphatic carbocycles. The maximum absolute atomic E-state index is 12.9. The third kappa shape index (κ3) is 7.42. The fourth-order valence-electron chi connectivity index (χ4n) is 5.77. The van der Waals surface area contributed by atoms with Crippen LogP contribution >= 0.6 is 0 Å². The molecule has 3 saturated heterocycles. The summed E-state index contributed by atoms with van der Waals surface area (Å²) in [6.07, 6.45) is 8.39. The molecule has 0 saturated carbocycles. The largest absolute Gasteiger partial charge is 0.382 e. The van der Waals surface area contributed by atoms with Crippen molar-refractivity contribution in [2.24, 2.45) is 5.92 Å². The van der Waals surface area contributed by atoms with Crippen molar-refractivity contribution in [1.29, 1.82) is 5.41 Å². The average molecular weight is 565 g/mol. The minimum Gasteiger partial charge on any atom is -0.382 e. The Morgan fingerprint density at radius 3 is 2.61 bits per heavy atom. The summed E-state index contributed by atoms with van der Waals surface area (Å²) in [5, 5.41) is 22.4. The number of amides is 1. The van der Waals surface area contributed by atoms with Crippen LogP contribution < -0.4 is 26.2 Å². The lowest BCUT2D eigenvalue weighted by Gasteiger charge is -2.31. The summed E-state index contributed by atoms with van der Waals surface area (Å²) in [5.74, 6) is 2.37. The van der Waals surface area contributed by atoms with Gasteiger partial charge in [-0.3, -0.25) is 10.2 Å². The molecule has 3 aliphatic heterocycles. The molecule has 2 aromatic heterocycles. The van der Waals surface area contributed by atoms with Crippen LogP contribution in [0.1, 0.15) is 51.5 Å². The molecule has 0 spiro atoms. The third-order valence-corrected chi connectivity index (χ3v) is 8.12. The number of methoxy groups -OCH3 is 1. The second kappa shape index (κ2) is 13.4. The molecule has 5 N–H and O–H groups in total. The van der Waals surface area contributed by atoms with Gasteiger partial charge in [-0.05, 0) is 65.1 Å². The zero-order valence-corrected chi connectivity index (χ0v) is 24.4. The van der Waals surface area contributed by atoms with Crippen molar-refractivity contribution < 1.29 is 9.53 Å². The number of ether oxygens (including phenoxy) is 1. The van der Waals surface area contributed by atoms with Crippen molar-refractivity contribution in [3.8, 4) is 0 Å². The van der Waals surface area contributed by atoms with E-state index < -0.39 is 0 Å². The van der Waals surface area contributed by atoms with Crippen LogP contribution in [0.3, 0.4) is 0 Å². The van der Waals surface area contributed by atoms with E-state index in [1.165, 1.54) is 0 Å². The third-order valence-electron chi connectivity index (χ3n) is 8.12. The van der Waals surface area contributed by atoms with Crippen LogP contribution in [0.15, 0.2) is 24.5 Å². The standard InChI is InChI=1S/C29H44N10O2/c1-19(2)34-24-16-26(36-25-6-12-32-29(37-25)38-14-8-22(41-3)9-15-38)33-17-23(24)27(30)39-13-7-20(18-39)28(40)35-21-4-10-31-11-5-21/h6,12,16-17,19-22,30-31H,4-5,7-11,13-15,18H2,1-3H3,(H,35,40)(H2,32,33,34,36,37). The number of rotatable bonds is 9. The number of nitrogens with zero attached hydrogens (tertiary/aromatic N) is 5. The van der Waals surface area contributed by atoms with E-state index in [-0.39, 0.29) is 23.9 Å². The van der Waals surface area contributed by atoms with Gasteiger partial charge in [0.2, 0.25) is 11.9 Å². The van der Waals surface area contributed by atoms with Crippen LogP contribution in [0, 0.1) is 11.3 Å². The molecule has 41 heavy (non-hydrogen) atoms. The van der Waals surface area contributed by atoms with Crippen molar-refractivity contribution in [2.45, 2.75) is 64.1 Å². The number of hydrogen-bond donors (Lipinski definition) is 5. The van der Waals surface area contributed by atoms with Crippen molar-refractivity contribution in [2.75, 3.05) is 61.9 Å². The van der Waals surface area contributed by atoms with Crippen molar-refractivity contribution in [3.05, 3.63) is 30.1 Å². The number of carbonyl (C=O) groups excluding carboxylic acids is 1. The molecule has 0 bridgehead atoms. The van der Waals surface area contributed by atoms with Gasteiger partial charge in [0.15, 0.2) is 0 Å². The number of pyridine rings is 1. The normalized spacial score (nSPS) is 20.3. The Bertz CT molecular complexity index is 1190. The Hall–Kier alpha value is -3.51. The first kappa shape index (κ1) is 29.0. The predicted octanol–water partition coefficient (Wildman–Crippen LogP) is 2.57. The Labute approximate surface area is 242 Å². The molecule has 1 amide bonds. The monoisotopic (exact) mass is 564 g/mol. The lowest BCUT2D eigenvalue weighted by Crippen LogP contribution is -2.45. The molecule has 3 aliphatic rings. The summed E-state index contributed by atoms with van der Waals surface area (Å²) < 4.78 is 5.49. The lowest BCUT2D eigenvalue weighted by atomic mass is 10.0. The molecule has 222 valence electrons. The van der Waals surface area contributed by atoms with Gasteiger partial charge >= 0.3 is 0 Å². The fourth-order valence-corrected chi connectivity index (χ4v) is 5.77. The van der Waals surface area contributed by atoms with E-state index >= 15 is 0 Å². The van der Waals surface area contributed by atoms with E-state index in [0.29, 0.717) is 48.2 Å². The first-order valence-electron chi connectivity index (χ1n) is 14.9. The van der Waals surface area contributed by atoms with Gasteiger partial charge in [0.1, 0.15) is 17.5 Å². The Balaban J connectivity index is 1.24. The zero-order valence-electron chi connectivity index (χ0n) is 24.4. The van der Waals surface area contributed by atoms with Crippen molar-refractivity contribution in [1.82, 2.24) is 30.5 Å². The topological polar surface area (TPSA) is 143 Å². The van der Waals surface area contributed by atoms with Crippen LogP contribution in [0.4, 0.5) is 23.3 Å². The number of nitrogens with one attached hydrogen (secondary N) is 5. The SMILES string of the molecule is COC1CCN(c2nccc(Nc3cc(NC(C)C)c(C(=N)N4CCC(C(=O)NC5CCNCC5)C4)cn3)n2)CC1. The van der Waals surface area contributed by atoms with E-state index in [2.05, 4.69) is 50.0 Å². The molecule has 5 heterocycles. The number of hydrogen-bond acceptors (Lipinski definition) is 10. The van der Waals surface area contributed by atoms with Crippen LogP contribution in [-0.2, 0) is 9.53 Å². The number of likely N-dealkylation sites (tertiary alicyclic amines) is 1. The molecule has 1 atom stereocenters. The first-order valence-corrected chi connectivity index (χ1v) is 14.9. The first-order chi connectivity index (χ1) is 19.9. The molecule has 1 unspecified atom stereocenters. The quantitative estimate of drug-likeness (QED) is 0.228. The maximum atomic E-state index is 12.9. The highest BCUT2D eigenvalue weighted by atomic mass is 16.5. The zero-order chi connectivity index (χ0) is 28.8. The lowest BCUT2D eigenvalue weighted by molar-refractivity contribution is -0.125. The molecule has 0 aromatic carbocycles. The minimum atomic E-state index is -0.104. The van der Waals surface area contributed by atoms with Crippen LogP contribution in [0.5, 0.6) is 0 Å². The van der Waals surface area contributed by atoms with Crippen LogP contribution in [-0.4, -0.2) is 96.2 Å². The van der Waals surface area contributed by atoms with E-state index in [0.717, 1.165) is 64.0 Å². The Kier molecular flexibility index (Phi) is 9.50. The van der Waals surface area contributed by atoms with E-state index in [4.69, 9.17) is 15.1 Å². The molecule has 0 radical (unpaired) electrons. The van der Waals surface area contributed by atoms with Gasteiger partial charge in [-0.25, -0.2) is 9.97 Å². The molecule has 12 nitrogen and oxygen atoms in total.